The van der Waals surface area contributed by atoms with Crippen molar-refractivity contribution >= 4 is 0 Å². The van der Waals surface area contributed by atoms with Gasteiger partial charge in [-0.3, -0.25) is 0 Å². The van der Waals surface area contributed by atoms with Crippen molar-refractivity contribution in [2.24, 2.45) is 0 Å². The second-order valence-electron chi connectivity index (χ2n) is 5.02. The van der Waals surface area contributed by atoms with E-state index in [1.54, 1.807) is 0 Å². The van der Waals surface area contributed by atoms with E-state index < -0.39 is 0 Å². The summed E-state index contributed by atoms with van der Waals surface area (Å²) in [7, 11) is 0. The van der Waals surface area contributed by atoms with Gasteiger partial charge in [0.25, 0.3) is 0 Å². The molecule has 2 aromatic rings. The lowest BCUT2D eigenvalue weighted by Gasteiger charge is -2.24. The highest BCUT2D eigenvalue weighted by atomic mass is 16.5. The van der Waals surface area contributed by atoms with Gasteiger partial charge < -0.3 is 14.6 Å². The number of hydrogen-bond donors (Lipinski definition) is 1. The van der Waals surface area contributed by atoms with Gasteiger partial charge in [-0.15, -0.1) is 10.2 Å². The fraction of sp³-hybridized carbons (Fsp3) is 0.467. The summed E-state index contributed by atoms with van der Waals surface area (Å²) in [5.74, 6) is 2.82. The lowest BCUT2D eigenvalue weighted by Crippen LogP contribution is -2.34. The third kappa shape index (κ3) is 2.67. The third-order valence-corrected chi connectivity index (χ3v) is 3.58. The summed E-state index contributed by atoms with van der Waals surface area (Å²) in [5, 5.41) is 12.1. The van der Waals surface area contributed by atoms with Crippen LogP contribution in [0.3, 0.4) is 0 Å². The molecule has 5 heteroatoms. The SMILES string of the molecule is CCCC1NCCn2c(COc3ccccc3)nnc21. The normalized spacial score (nSPS) is 17.8. The molecule has 0 saturated heterocycles. The van der Waals surface area contributed by atoms with Crippen LogP contribution in [0.5, 0.6) is 5.75 Å². The summed E-state index contributed by atoms with van der Waals surface area (Å²) in [6, 6.07) is 10.1. The Morgan fingerprint density at radius 1 is 1.30 bits per heavy atom. The summed E-state index contributed by atoms with van der Waals surface area (Å²) in [5.41, 5.74) is 0. The minimum atomic E-state index is 0.326. The van der Waals surface area contributed by atoms with Gasteiger partial charge in [0.2, 0.25) is 0 Å². The van der Waals surface area contributed by atoms with Gasteiger partial charge in [0, 0.05) is 13.1 Å². The van der Waals surface area contributed by atoms with E-state index in [-0.39, 0.29) is 0 Å². The van der Waals surface area contributed by atoms with Crippen molar-refractivity contribution in [1.82, 2.24) is 20.1 Å². The fourth-order valence-corrected chi connectivity index (χ4v) is 2.58. The fourth-order valence-electron chi connectivity index (χ4n) is 2.58. The first kappa shape index (κ1) is 13.1. The van der Waals surface area contributed by atoms with Crippen molar-refractivity contribution in [2.45, 2.75) is 39.0 Å². The Bertz CT molecular complexity index is 552. The molecule has 0 bridgehead atoms. The zero-order valence-electron chi connectivity index (χ0n) is 11.7. The predicted molar refractivity (Wildman–Crippen MR) is 76.4 cm³/mol. The summed E-state index contributed by atoms with van der Waals surface area (Å²) in [6.45, 7) is 4.54. The van der Waals surface area contributed by atoms with E-state index in [2.05, 4.69) is 27.0 Å². The van der Waals surface area contributed by atoms with E-state index in [1.807, 2.05) is 30.3 Å². The molecule has 0 aliphatic carbocycles. The van der Waals surface area contributed by atoms with Gasteiger partial charge in [-0.2, -0.15) is 0 Å². The van der Waals surface area contributed by atoms with Crippen molar-refractivity contribution in [2.75, 3.05) is 6.54 Å². The number of fused-ring (bicyclic) bond motifs is 1. The van der Waals surface area contributed by atoms with Crippen LogP contribution in [0.2, 0.25) is 0 Å². The first-order valence-electron chi connectivity index (χ1n) is 7.21. The van der Waals surface area contributed by atoms with Gasteiger partial charge in [-0.25, -0.2) is 0 Å². The Morgan fingerprint density at radius 3 is 2.95 bits per heavy atom. The summed E-state index contributed by atoms with van der Waals surface area (Å²) < 4.78 is 7.96. The zero-order valence-corrected chi connectivity index (χ0v) is 11.7. The van der Waals surface area contributed by atoms with Gasteiger partial charge in [0.15, 0.2) is 5.82 Å². The van der Waals surface area contributed by atoms with Crippen LogP contribution in [-0.2, 0) is 13.2 Å². The van der Waals surface area contributed by atoms with Crippen molar-refractivity contribution < 1.29 is 4.74 Å². The largest absolute Gasteiger partial charge is 0.486 e. The number of nitrogens with one attached hydrogen (secondary N) is 1. The minimum absolute atomic E-state index is 0.326. The second kappa shape index (κ2) is 6.05. The molecule has 0 amide bonds. The standard InChI is InChI=1S/C15H20N4O/c1-2-6-13-15-18-17-14(19(15)10-9-16-13)11-20-12-7-4-3-5-8-12/h3-5,7-8,13,16H,2,6,9-11H2,1H3. The molecule has 1 aromatic heterocycles. The number of rotatable bonds is 5. The van der Waals surface area contributed by atoms with E-state index >= 15 is 0 Å². The van der Waals surface area contributed by atoms with Crippen LogP contribution in [0, 0.1) is 0 Å². The van der Waals surface area contributed by atoms with Crippen LogP contribution in [0.25, 0.3) is 0 Å². The molecule has 0 radical (unpaired) electrons. The number of para-hydroxylation sites is 1. The van der Waals surface area contributed by atoms with E-state index in [0.29, 0.717) is 12.6 Å². The first-order chi connectivity index (χ1) is 9.88. The molecule has 1 aliphatic heterocycles. The molecule has 106 valence electrons. The second-order valence-corrected chi connectivity index (χ2v) is 5.02. The molecule has 0 saturated carbocycles. The van der Waals surface area contributed by atoms with Crippen LogP contribution in [0.4, 0.5) is 0 Å². The molecule has 0 spiro atoms. The maximum atomic E-state index is 5.77. The van der Waals surface area contributed by atoms with Crippen LogP contribution >= 0.6 is 0 Å². The quantitative estimate of drug-likeness (QED) is 0.907. The van der Waals surface area contributed by atoms with Crippen LogP contribution in [0.15, 0.2) is 30.3 Å². The van der Waals surface area contributed by atoms with E-state index in [4.69, 9.17) is 4.74 Å². The van der Waals surface area contributed by atoms with Crippen molar-refractivity contribution in [1.29, 1.82) is 0 Å². The summed E-state index contributed by atoms with van der Waals surface area (Å²) in [6.07, 6.45) is 2.23. The molecule has 5 nitrogen and oxygen atoms in total. The van der Waals surface area contributed by atoms with Crippen LogP contribution in [0.1, 0.15) is 37.5 Å². The van der Waals surface area contributed by atoms with Crippen molar-refractivity contribution in [3.05, 3.63) is 42.0 Å². The Labute approximate surface area is 119 Å². The van der Waals surface area contributed by atoms with Crippen molar-refractivity contribution in [3.63, 3.8) is 0 Å². The Morgan fingerprint density at radius 2 is 2.15 bits per heavy atom. The topological polar surface area (TPSA) is 52.0 Å². The lowest BCUT2D eigenvalue weighted by atomic mass is 10.1. The predicted octanol–water partition coefficient (Wildman–Crippen LogP) is 2.30. The highest BCUT2D eigenvalue weighted by molar-refractivity contribution is 5.21. The molecule has 1 N–H and O–H groups in total. The molecule has 1 aliphatic rings. The average Bonchev–Trinajstić information content (AvgIpc) is 2.91. The van der Waals surface area contributed by atoms with Gasteiger partial charge >= 0.3 is 0 Å². The first-order valence-corrected chi connectivity index (χ1v) is 7.21. The van der Waals surface area contributed by atoms with Gasteiger partial charge in [0.05, 0.1) is 6.04 Å². The van der Waals surface area contributed by atoms with E-state index in [1.165, 1.54) is 0 Å². The minimum Gasteiger partial charge on any atom is -0.486 e. The number of nitrogens with zero attached hydrogens (tertiary/aromatic N) is 3. The van der Waals surface area contributed by atoms with Gasteiger partial charge in [-0.05, 0) is 18.6 Å². The smallest absolute Gasteiger partial charge is 0.171 e. The molecule has 1 aromatic carbocycles. The molecule has 3 rings (SSSR count). The monoisotopic (exact) mass is 272 g/mol. The van der Waals surface area contributed by atoms with Crippen LogP contribution in [-0.4, -0.2) is 21.3 Å². The molecule has 2 heterocycles. The maximum Gasteiger partial charge on any atom is 0.171 e. The number of aromatic nitrogens is 3. The highest BCUT2D eigenvalue weighted by Crippen LogP contribution is 2.21. The zero-order chi connectivity index (χ0) is 13.8. The van der Waals surface area contributed by atoms with Crippen molar-refractivity contribution in [3.8, 4) is 5.75 Å². The van der Waals surface area contributed by atoms with Gasteiger partial charge in [0.1, 0.15) is 18.2 Å². The number of ether oxygens (including phenoxy) is 1. The van der Waals surface area contributed by atoms with E-state index in [9.17, 15) is 0 Å². The van der Waals surface area contributed by atoms with Crippen LogP contribution < -0.4 is 10.1 Å². The Hall–Kier alpha value is -1.88. The summed E-state index contributed by atoms with van der Waals surface area (Å²) >= 11 is 0. The van der Waals surface area contributed by atoms with Gasteiger partial charge in [-0.1, -0.05) is 31.5 Å². The summed E-state index contributed by atoms with van der Waals surface area (Å²) in [4.78, 5) is 0. The lowest BCUT2D eigenvalue weighted by molar-refractivity contribution is 0.283. The number of benzene rings is 1. The third-order valence-electron chi connectivity index (χ3n) is 3.58. The highest BCUT2D eigenvalue weighted by Gasteiger charge is 2.24. The molecule has 1 atom stereocenters. The Balaban J connectivity index is 1.72. The molecular formula is C15H20N4O. The molecule has 20 heavy (non-hydrogen) atoms. The molecule has 0 fully saturated rings. The molecule has 1 unspecified atom stereocenters. The maximum absolute atomic E-state index is 5.77. The number of hydrogen-bond acceptors (Lipinski definition) is 4. The van der Waals surface area contributed by atoms with E-state index in [0.717, 1.165) is 43.3 Å². The Kier molecular flexibility index (Phi) is 3.97. The average molecular weight is 272 g/mol. The molecular weight excluding hydrogens is 252 g/mol.